The van der Waals surface area contributed by atoms with E-state index in [1.165, 1.54) is 0 Å². The molecule has 2 rings (SSSR count). The van der Waals surface area contributed by atoms with Crippen molar-refractivity contribution in [3.63, 3.8) is 0 Å². The number of rotatable bonds is 1. The van der Waals surface area contributed by atoms with Gasteiger partial charge in [0.25, 0.3) is 0 Å². The van der Waals surface area contributed by atoms with E-state index in [9.17, 15) is 4.79 Å². The first-order valence-electron chi connectivity index (χ1n) is 3.87. The van der Waals surface area contributed by atoms with Gasteiger partial charge < -0.3 is 0 Å². The van der Waals surface area contributed by atoms with Crippen LogP contribution in [0.4, 0.5) is 0 Å². The van der Waals surface area contributed by atoms with Gasteiger partial charge in [-0.05, 0) is 12.8 Å². The summed E-state index contributed by atoms with van der Waals surface area (Å²) in [5.41, 5.74) is 2.35. The highest BCUT2D eigenvalue weighted by Gasteiger charge is 2.12. The van der Waals surface area contributed by atoms with Crippen LogP contribution in [-0.4, -0.2) is 16.3 Å². The van der Waals surface area contributed by atoms with E-state index in [0.29, 0.717) is 5.57 Å². The van der Waals surface area contributed by atoms with Crippen molar-refractivity contribution in [3.05, 3.63) is 29.9 Å². The van der Waals surface area contributed by atoms with Gasteiger partial charge in [-0.25, -0.2) is 0 Å². The SMILES string of the molecule is O=CC1=CCCc2nccnc21. The lowest BCUT2D eigenvalue weighted by molar-refractivity contribution is -0.103. The fraction of sp³-hybridized carbons (Fsp3) is 0.222. The molecule has 1 heterocycles. The van der Waals surface area contributed by atoms with Crippen molar-refractivity contribution in [1.82, 2.24) is 9.97 Å². The molecule has 60 valence electrons. The predicted octanol–water partition coefficient (Wildman–Crippen LogP) is 1.01. The smallest absolute Gasteiger partial charge is 0.151 e. The lowest BCUT2D eigenvalue weighted by Crippen LogP contribution is -2.05. The summed E-state index contributed by atoms with van der Waals surface area (Å²) in [5.74, 6) is 0. The molecule has 0 aliphatic heterocycles. The molecule has 1 aromatic heterocycles. The van der Waals surface area contributed by atoms with Crippen LogP contribution in [0.25, 0.3) is 5.57 Å². The van der Waals surface area contributed by atoms with Gasteiger partial charge in [0, 0.05) is 18.0 Å². The van der Waals surface area contributed by atoms with Crippen LogP contribution in [0, 0.1) is 0 Å². The summed E-state index contributed by atoms with van der Waals surface area (Å²) in [5, 5.41) is 0. The van der Waals surface area contributed by atoms with Crippen molar-refractivity contribution in [3.8, 4) is 0 Å². The molecule has 3 nitrogen and oxygen atoms in total. The first-order chi connectivity index (χ1) is 5.92. The number of carbonyl (C=O) groups excluding carboxylic acids is 1. The normalized spacial score (nSPS) is 14.8. The molecule has 0 unspecified atom stereocenters. The topological polar surface area (TPSA) is 42.9 Å². The monoisotopic (exact) mass is 160 g/mol. The van der Waals surface area contributed by atoms with Gasteiger partial charge in [0.15, 0.2) is 6.29 Å². The van der Waals surface area contributed by atoms with Crippen LogP contribution >= 0.6 is 0 Å². The number of hydrogen-bond acceptors (Lipinski definition) is 3. The second-order valence-corrected chi connectivity index (χ2v) is 2.67. The van der Waals surface area contributed by atoms with Gasteiger partial charge in [-0.3, -0.25) is 14.8 Å². The van der Waals surface area contributed by atoms with Gasteiger partial charge in [-0.15, -0.1) is 0 Å². The Morgan fingerprint density at radius 3 is 3.00 bits per heavy atom. The van der Waals surface area contributed by atoms with E-state index in [1.54, 1.807) is 12.4 Å². The number of hydrogen-bond donors (Lipinski definition) is 0. The molecular weight excluding hydrogens is 152 g/mol. The molecule has 0 N–H and O–H groups in total. The standard InChI is InChI=1S/C9H8N2O/c12-6-7-2-1-3-8-9(7)11-5-4-10-8/h2,4-6H,1,3H2. The minimum absolute atomic E-state index is 0.671. The number of aryl methyl sites for hydroxylation is 1. The van der Waals surface area contributed by atoms with Gasteiger partial charge in [0.2, 0.25) is 0 Å². The summed E-state index contributed by atoms with van der Waals surface area (Å²) in [7, 11) is 0. The van der Waals surface area contributed by atoms with Crippen LogP contribution in [0.3, 0.4) is 0 Å². The highest BCUT2D eigenvalue weighted by molar-refractivity contribution is 6.06. The third-order valence-corrected chi connectivity index (χ3v) is 1.92. The number of allylic oxidation sites excluding steroid dienone is 2. The minimum Gasteiger partial charge on any atom is -0.298 e. The Morgan fingerprint density at radius 2 is 2.17 bits per heavy atom. The number of fused-ring (bicyclic) bond motifs is 1. The Bertz CT molecular complexity index is 344. The average molecular weight is 160 g/mol. The molecule has 1 aromatic rings. The summed E-state index contributed by atoms with van der Waals surface area (Å²) >= 11 is 0. The molecule has 1 aliphatic carbocycles. The van der Waals surface area contributed by atoms with Crippen LogP contribution in [-0.2, 0) is 11.2 Å². The van der Waals surface area contributed by atoms with E-state index in [4.69, 9.17) is 0 Å². The van der Waals surface area contributed by atoms with E-state index >= 15 is 0 Å². The van der Waals surface area contributed by atoms with E-state index in [0.717, 1.165) is 30.5 Å². The Balaban J connectivity index is 2.55. The van der Waals surface area contributed by atoms with Crippen molar-refractivity contribution >= 4 is 11.9 Å². The summed E-state index contributed by atoms with van der Waals surface area (Å²) < 4.78 is 0. The molecule has 0 radical (unpaired) electrons. The van der Waals surface area contributed by atoms with Crippen molar-refractivity contribution < 1.29 is 4.79 Å². The van der Waals surface area contributed by atoms with Crippen LogP contribution in [0.15, 0.2) is 18.5 Å². The van der Waals surface area contributed by atoms with Gasteiger partial charge in [-0.2, -0.15) is 0 Å². The van der Waals surface area contributed by atoms with Gasteiger partial charge >= 0.3 is 0 Å². The molecule has 0 aromatic carbocycles. The maximum atomic E-state index is 10.6. The van der Waals surface area contributed by atoms with Gasteiger partial charge in [0.05, 0.1) is 11.4 Å². The summed E-state index contributed by atoms with van der Waals surface area (Å²) in [6.07, 6.45) is 7.80. The fourth-order valence-corrected chi connectivity index (χ4v) is 1.36. The highest BCUT2D eigenvalue weighted by Crippen LogP contribution is 2.20. The minimum atomic E-state index is 0.671. The fourth-order valence-electron chi connectivity index (χ4n) is 1.36. The van der Waals surface area contributed by atoms with E-state index < -0.39 is 0 Å². The number of carbonyl (C=O) groups is 1. The van der Waals surface area contributed by atoms with Gasteiger partial charge in [-0.1, -0.05) is 6.08 Å². The predicted molar refractivity (Wildman–Crippen MR) is 44.4 cm³/mol. The average Bonchev–Trinajstić information content (AvgIpc) is 2.17. The highest BCUT2D eigenvalue weighted by atomic mass is 16.1. The Hall–Kier alpha value is -1.51. The maximum absolute atomic E-state index is 10.6. The number of aromatic nitrogens is 2. The van der Waals surface area contributed by atoms with Crippen molar-refractivity contribution in [2.45, 2.75) is 12.8 Å². The molecule has 1 aliphatic rings. The second kappa shape index (κ2) is 2.85. The van der Waals surface area contributed by atoms with Crippen LogP contribution in [0.2, 0.25) is 0 Å². The van der Waals surface area contributed by atoms with Crippen LogP contribution < -0.4 is 0 Å². The third kappa shape index (κ3) is 1.03. The van der Waals surface area contributed by atoms with E-state index in [1.807, 2.05) is 6.08 Å². The summed E-state index contributed by atoms with van der Waals surface area (Å²) in [4.78, 5) is 18.9. The van der Waals surface area contributed by atoms with Crippen molar-refractivity contribution in [1.29, 1.82) is 0 Å². The zero-order valence-corrected chi connectivity index (χ0v) is 6.53. The molecule has 0 fully saturated rings. The zero-order chi connectivity index (χ0) is 8.39. The Kier molecular flexibility index (Phi) is 1.70. The Morgan fingerprint density at radius 1 is 1.33 bits per heavy atom. The van der Waals surface area contributed by atoms with Gasteiger partial charge in [0.1, 0.15) is 0 Å². The first-order valence-corrected chi connectivity index (χ1v) is 3.87. The van der Waals surface area contributed by atoms with Crippen LogP contribution in [0.5, 0.6) is 0 Å². The largest absolute Gasteiger partial charge is 0.298 e. The molecule has 0 saturated carbocycles. The summed E-state index contributed by atoms with van der Waals surface area (Å²) in [6, 6.07) is 0. The molecule has 0 spiro atoms. The molecule has 3 heteroatoms. The van der Waals surface area contributed by atoms with E-state index in [2.05, 4.69) is 9.97 Å². The third-order valence-electron chi connectivity index (χ3n) is 1.92. The van der Waals surface area contributed by atoms with Crippen LogP contribution in [0.1, 0.15) is 17.8 Å². The van der Waals surface area contributed by atoms with Crippen molar-refractivity contribution in [2.24, 2.45) is 0 Å². The molecule has 0 atom stereocenters. The quantitative estimate of drug-likeness (QED) is 0.576. The second-order valence-electron chi connectivity index (χ2n) is 2.67. The Labute approximate surface area is 70.2 Å². The molecule has 0 saturated heterocycles. The molecular formula is C9H8N2O. The molecule has 0 bridgehead atoms. The lowest BCUT2D eigenvalue weighted by atomic mass is 10.0. The van der Waals surface area contributed by atoms with E-state index in [-0.39, 0.29) is 0 Å². The van der Waals surface area contributed by atoms with Crippen molar-refractivity contribution in [2.75, 3.05) is 0 Å². The molecule has 0 amide bonds. The summed E-state index contributed by atoms with van der Waals surface area (Å²) in [6.45, 7) is 0. The lowest BCUT2D eigenvalue weighted by Gasteiger charge is -2.10. The molecule has 12 heavy (non-hydrogen) atoms. The zero-order valence-electron chi connectivity index (χ0n) is 6.53. The number of nitrogens with zero attached hydrogens (tertiary/aromatic N) is 2. The number of aldehydes is 1. The first kappa shape index (κ1) is 7.16. The maximum Gasteiger partial charge on any atom is 0.151 e.